The minimum Gasteiger partial charge on any atom is -0.489 e. The van der Waals surface area contributed by atoms with Crippen molar-refractivity contribution in [3.63, 3.8) is 0 Å². The predicted octanol–water partition coefficient (Wildman–Crippen LogP) is 7.50. The molecule has 2 aromatic carbocycles. The molecule has 0 radical (unpaired) electrons. The van der Waals surface area contributed by atoms with Crippen LogP contribution < -0.4 is 55.6 Å². The van der Waals surface area contributed by atoms with Crippen molar-refractivity contribution in [1.82, 2.24) is 54.6 Å². The Labute approximate surface area is 543 Å². The Morgan fingerprint density at radius 2 is 1.50 bits per heavy atom. The second kappa shape index (κ2) is 35.3. The highest BCUT2D eigenvalue weighted by molar-refractivity contribution is 7.90. The molecule has 0 fully saturated rings. The number of pyridine rings is 1. The number of amides is 4. The van der Waals surface area contributed by atoms with Gasteiger partial charge in [-0.3, -0.25) is 29.6 Å². The number of sulfonamides is 1. The quantitative estimate of drug-likeness (QED) is 0.0305. The van der Waals surface area contributed by atoms with Crippen molar-refractivity contribution in [3.05, 3.63) is 98.1 Å². The third-order valence-corrected chi connectivity index (χ3v) is 13.5. The maximum Gasteiger partial charge on any atom is 0.442 e. The number of carboxylic acids is 1. The van der Waals surface area contributed by atoms with Crippen molar-refractivity contribution in [2.45, 2.75) is 95.8 Å². The molecule has 6 aromatic rings. The lowest BCUT2D eigenvalue weighted by atomic mass is 9.97. The number of para-hydroxylation sites is 2. The van der Waals surface area contributed by atoms with Crippen LogP contribution in [0.25, 0.3) is 5.69 Å². The number of aliphatic carboxylic acids is 1. The summed E-state index contributed by atoms with van der Waals surface area (Å²) in [7, 11) is -2.94. The number of rotatable bonds is 18. The summed E-state index contributed by atoms with van der Waals surface area (Å²) in [5.41, 5.74) is 0.510. The molecule has 4 aromatic heterocycles. The van der Waals surface area contributed by atoms with Crippen molar-refractivity contribution >= 4 is 123 Å². The van der Waals surface area contributed by atoms with Gasteiger partial charge < -0.3 is 58.7 Å². The van der Waals surface area contributed by atoms with Gasteiger partial charge in [0, 0.05) is 44.4 Å². The summed E-state index contributed by atoms with van der Waals surface area (Å²) >= 11 is 29.3. The molecule has 1 atom stereocenters. The number of fused-ring (bicyclic) bond motifs is 1. The Kier molecular flexibility index (Phi) is 30.1. The first-order valence-electron chi connectivity index (χ1n) is 26.4. The van der Waals surface area contributed by atoms with Gasteiger partial charge in [0.2, 0.25) is 40.8 Å². The minimum absolute atomic E-state index is 0.0642. The van der Waals surface area contributed by atoms with E-state index in [1.165, 1.54) is 63.7 Å². The average molecular weight is 1400 g/mol. The highest BCUT2D eigenvalue weighted by atomic mass is 35.5. The predicted molar refractivity (Wildman–Crippen MR) is 338 cm³/mol. The van der Waals surface area contributed by atoms with E-state index in [-0.39, 0.29) is 63.1 Å². The number of aromatic nitrogens is 8. The molecular weight excluding hydrogens is 1330 g/mol. The van der Waals surface area contributed by atoms with Crippen molar-refractivity contribution in [1.29, 1.82) is 0 Å². The van der Waals surface area contributed by atoms with Gasteiger partial charge in [0.15, 0.2) is 9.86 Å². The Morgan fingerprint density at radius 3 is 2.03 bits per heavy atom. The van der Waals surface area contributed by atoms with Crippen LogP contribution in [0, 0.1) is 0 Å². The van der Waals surface area contributed by atoms with E-state index in [0.717, 1.165) is 16.9 Å². The fraction of sp³-hybridized carbons (Fsp3) is 0.423. The van der Waals surface area contributed by atoms with Gasteiger partial charge >= 0.3 is 25.4 Å². The van der Waals surface area contributed by atoms with Crippen LogP contribution in [0.2, 0.25) is 15.3 Å². The van der Waals surface area contributed by atoms with Crippen molar-refractivity contribution in [2.75, 3.05) is 75.1 Å². The molecule has 0 bridgehead atoms. The molecule has 0 saturated heterocycles. The van der Waals surface area contributed by atoms with Gasteiger partial charge in [0.25, 0.3) is 21.8 Å². The van der Waals surface area contributed by atoms with Crippen LogP contribution >= 0.6 is 65.6 Å². The van der Waals surface area contributed by atoms with E-state index in [0.29, 0.717) is 46.6 Å². The Hall–Kier alpha value is -7.39. The summed E-state index contributed by atoms with van der Waals surface area (Å²) in [5, 5.41) is 22.7. The number of carbonyl (C=O) groups excluding carboxylic acids is 3. The number of nitrogens with one attached hydrogen (secondary N) is 5. The molecule has 7 rings (SSSR count). The number of ether oxygens (including phenoxy) is 4. The van der Waals surface area contributed by atoms with E-state index in [1.54, 1.807) is 15.7 Å². The second-order valence-electron chi connectivity index (χ2n) is 20.0. The number of methoxy groups -OCH3 is 2. The smallest absolute Gasteiger partial charge is 0.442 e. The first kappa shape index (κ1) is 76.9. The fourth-order valence-electron chi connectivity index (χ4n) is 6.69. The Balaban J connectivity index is 0.000000306. The molecule has 5 heterocycles. The number of halogens is 5. The molecule has 1 unspecified atom stereocenters. The van der Waals surface area contributed by atoms with Crippen LogP contribution in [0.15, 0.2) is 75.0 Å². The zero-order valence-electron chi connectivity index (χ0n) is 50.8. The topological polar surface area (TPSA) is 409 Å². The van der Waals surface area contributed by atoms with Gasteiger partial charge in [-0.1, -0.05) is 79.3 Å². The molecule has 8 N–H and O–H groups in total. The number of alkyl halides is 2. The summed E-state index contributed by atoms with van der Waals surface area (Å²) in [5.74, 6) is -0.288. The average Bonchev–Trinajstić information content (AvgIpc) is 1.35. The first-order valence-corrected chi connectivity index (χ1v) is 31.7. The van der Waals surface area contributed by atoms with E-state index in [4.69, 9.17) is 96.3 Å². The minimum atomic E-state index is -4.46. The first-order chi connectivity index (χ1) is 41.9. The number of benzene rings is 2. The molecule has 494 valence electrons. The fourth-order valence-corrected chi connectivity index (χ4v) is 9.01. The van der Waals surface area contributed by atoms with Crippen LogP contribution in [0.1, 0.15) is 78.6 Å². The van der Waals surface area contributed by atoms with Gasteiger partial charge in [-0.25, -0.2) is 19.3 Å². The molecule has 0 saturated carbocycles. The van der Waals surface area contributed by atoms with Crippen molar-refractivity contribution < 1.29 is 70.4 Å². The number of nitrogens with zero attached hydrogens (tertiary/aromatic N) is 10. The highest BCUT2D eigenvalue weighted by Gasteiger charge is 2.33. The summed E-state index contributed by atoms with van der Waals surface area (Å²) in [6.45, 7) is 18.1. The zero-order chi connectivity index (χ0) is 68.0. The summed E-state index contributed by atoms with van der Waals surface area (Å²) in [6, 6.07) is 13.5. The molecule has 4 amide bonds. The van der Waals surface area contributed by atoms with Gasteiger partial charge in [-0.15, -0.1) is 5.10 Å². The molecule has 0 aliphatic carbocycles. The molecular formula is C52H69Cl5N15O16PS. The van der Waals surface area contributed by atoms with Crippen LogP contribution in [-0.4, -0.2) is 169 Å². The summed E-state index contributed by atoms with van der Waals surface area (Å²) in [4.78, 5) is 99.5. The maximum atomic E-state index is 12.5. The largest absolute Gasteiger partial charge is 0.489 e. The lowest BCUT2D eigenvalue weighted by molar-refractivity contribution is -0.135. The van der Waals surface area contributed by atoms with Gasteiger partial charge in [-0.05, 0) is 83.5 Å². The van der Waals surface area contributed by atoms with Crippen molar-refractivity contribution in [3.8, 4) is 28.9 Å². The number of hydrogen-bond acceptors (Lipinski definition) is 23. The van der Waals surface area contributed by atoms with Gasteiger partial charge in [0.1, 0.15) is 18.1 Å². The van der Waals surface area contributed by atoms with Crippen LogP contribution in [0.4, 0.5) is 28.3 Å². The molecule has 1 aliphatic rings. The molecule has 1 aliphatic heterocycles. The SMILES string of the molecule is CC(C)Oc1cc(-n2nc(C(C)(C)C)oc2=O)c(Cl)cc1Cl.CC1COc2ccccc2N1C(=O)C(Cl)Cl.CCNc1nc(Cl)nc(NC(C)C)n1.COc1cc(OC)nc(NC(=O)NS(=O)(=O)c2ncccc2C(=O)N(C)C)n1.O=C(O)CNCP(=O)(O)O. The Morgan fingerprint density at radius 1 is 0.878 bits per heavy atom. The summed E-state index contributed by atoms with van der Waals surface area (Å²) < 4.78 is 64.2. The lowest BCUT2D eigenvalue weighted by Gasteiger charge is -2.35. The van der Waals surface area contributed by atoms with Gasteiger partial charge in [0.05, 0.1) is 72.2 Å². The van der Waals surface area contributed by atoms with E-state index in [9.17, 15) is 37.0 Å². The van der Waals surface area contributed by atoms with E-state index >= 15 is 0 Å². The molecule has 31 nitrogen and oxygen atoms in total. The summed E-state index contributed by atoms with van der Waals surface area (Å²) in [6.07, 6.45) is 0.527. The molecule has 0 spiro atoms. The number of urea groups is 1. The zero-order valence-corrected chi connectivity index (χ0v) is 56.3. The van der Waals surface area contributed by atoms with Crippen LogP contribution in [-0.2, 0) is 29.6 Å². The van der Waals surface area contributed by atoms with Crippen LogP contribution in [0.3, 0.4) is 0 Å². The molecule has 38 heteroatoms. The van der Waals surface area contributed by atoms with E-state index < -0.39 is 64.0 Å². The normalized spacial score (nSPS) is 12.6. The molecule has 90 heavy (non-hydrogen) atoms. The third-order valence-electron chi connectivity index (χ3n) is 10.4. The number of carbonyl (C=O) groups is 4. The lowest BCUT2D eigenvalue weighted by Crippen LogP contribution is -2.47. The number of hydrogen-bond donors (Lipinski definition) is 8. The van der Waals surface area contributed by atoms with Gasteiger partial charge in [-0.2, -0.15) is 38.0 Å². The van der Waals surface area contributed by atoms with E-state index in [1.807, 2.05) is 86.6 Å². The Bertz CT molecular complexity index is 3610. The van der Waals surface area contributed by atoms with Crippen LogP contribution in [0.5, 0.6) is 23.3 Å². The monoisotopic (exact) mass is 1400 g/mol. The maximum absolute atomic E-state index is 12.5. The van der Waals surface area contributed by atoms with E-state index in [2.05, 4.69) is 56.3 Å². The second-order valence-corrected chi connectivity index (χ2v) is 25.5. The number of anilines is 4. The number of carboxylic acid groups (broad SMARTS) is 1. The highest BCUT2D eigenvalue weighted by Crippen LogP contribution is 2.36. The van der Waals surface area contributed by atoms with Crippen molar-refractivity contribution in [2.24, 2.45) is 0 Å². The standard InChI is InChI=1S/C15H18Cl2N2O3.C15H18N6O6S.C11H11Cl2NO2.C8H14ClN5.C3H8NO5P/c1-8(2)21-12-7-11(9(16)6-10(12)17)19-14(20)22-13(18-19)15(3,4)5;1-21(2)13(22)9-6-5-7-16-12(9)28(24,25)20-15(23)19-14-17-10(26-3)8-11(18-14)27-4;1-7-6-16-9-5-3-2-4-8(9)14(7)11(15)10(12)13;1-4-10-7-12-6(9)13-8(14-7)11-5(2)3;5-3(6)1-4-2-10(7,8)9/h6-8H,1-5H3;5-8H,1-4H3,(H2,17,18,19,20,23);2-5,7,10H,6H2,1H3;5H,4H2,1-3H3,(H2,10,11,12,13,14);4H,1-2H2,(H,5,6)(H2,7,8,9). The third kappa shape index (κ3) is 25.1.